The largest absolute Gasteiger partial charge is 0.493 e. The predicted octanol–water partition coefficient (Wildman–Crippen LogP) is 4.81. The number of urea groups is 1. The van der Waals surface area contributed by atoms with Crippen LogP contribution in [0.4, 0.5) is 4.79 Å². The molecule has 8 heteroatoms. The number of aliphatic imine (C=N–C) groups is 1. The summed E-state index contributed by atoms with van der Waals surface area (Å²) in [5, 5.41) is 14.7. The standard InChI is InChI=1S/C27H25N3O5/c1-16-24(26(31)32)25(29-27(33)28-16)17-11-12-22(23(15-17)34-2)35-14-13-30-20-9-5-3-7-18(20)19-8-4-6-10-21(19)30/h3-12,15,24-25H,13-14H2,1-2H3,(H,29,33)(H,31,32). The van der Waals surface area contributed by atoms with Crippen molar-refractivity contribution in [2.45, 2.75) is 19.5 Å². The Labute approximate surface area is 201 Å². The zero-order chi connectivity index (χ0) is 24.5. The molecule has 3 aromatic carbocycles. The van der Waals surface area contributed by atoms with Crippen LogP contribution in [0.1, 0.15) is 18.5 Å². The molecule has 2 unspecified atom stereocenters. The molecule has 35 heavy (non-hydrogen) atoms. The molecule has 2 N–H and O–H groups in total. The Hall–Kier alpha value is -4.33. The van der Waals surface area contributed by atoms with E-state index in [4.69, 9.17) is 9.47 Å². The molecule has 1 aliphatic rings. The summed E-state index contributed by atoms with van der Waals surface area (Å²) >= 11 is 0. The van der Waals surface area contributed by atoms with Crippen molar-refractivity contribution in [3.8, 4) is 11.5 Å². The molecule has 2 atom stereocenters. The van der Waals surface area contributed by atoms with E-state index in [0.29, 0.717) is 30.2 Å². The molecule has 2 heterocycles. The number of methoxy groups -OCH3 is 1. The van der Waals surface area contributed by atoms with Crippen molar-refractivity contribution >= 4 is 39.5 Å². The number of aliphatic carboxylic acids is 1. The number of rotatable bonds is 7. The van der Waals surface area contributed by atoms with Gasteiger partial charge >= 0.3 is 12.0 Å². The second-order valence-electron chi connectivity index (χ2n) is 8.44. The van der Waals surface area contributed by atoms with E-state index in [2.05, 4.69) is 39.1 Å². The molecule has 178 valence electrons. The number of hydrogen-bond donors (Lipinski definition) is 2. The van der Waals surface area contributed by atoms with Gasteiger partial charge in [-0.2, -0.15) is 0 Å². The fourth-order valence-electron chi connectivity index (χ4n) is 4.80. The first-order valence-corrected chi connectivity index (χ1v) is 11.3. The van der Waals surface area contributed by atoms with E-state index in [-0.39, 0.29) is 5.71 Å². The second-order valence-corrected chi connectivity index (χ2v) is 8.44. The highest BCUT2D eigenvalue weighted by Crippen LogP contribution is 2.35. The fraction of sp³-hybridized carbons (Fsp3) is 0.222. The van der Waals surface area contributed by atoms with Gasteiger partial charge in [-0.25, -0.2) is 9.79 Å². The normalized spacial score (nSPS) is 17.8. The summed E-state index contributed by atoms with van der Waals surface area (Å²) in [5.41, 5.74) is 3.15. The molecule has 8 nitrogen and oxygen atoms in total. The number of nitrogens with one attached hydrogen (secondary N) is 1. The SMILES string of the molecule is COc1cc(C2NC(=O)N=C(C)C2C(=O)O)ccc1OCCn1c2ccccc2c2ccccc21. The van der Waals surface area contributed by atoms with Crippen LogP contribution in [0.2, 0.25) is 0 Å². The zero-order valence-electron chi connectivity index (χ0n) is 19.4. The number of nitrogens with zero attached hydrogens (tertiary/aromatic N) is 2. The Balaban J connectivity index is 1.38. The number of para-hydroxylation sites is 2. The Kier molecular flexibility index (Phi) is 5.86. The number of fused-ring (bicyclic) bond motifs is 3. The van der Waals surface area contributed by atoms with Gasteiger partial charge in [-0.3, -0.25) is 4.79 Å². The summed E-state index contributed by atoms with van der Waals surface area (Å²) in [6.45, 7) is 2.59. The summed E-state index contributed by atoms with van der Waals surface area (Å²) in [7, 11) is 1.53. The predicted molar refractivity (Wildman–Crippen MR) is 133 cm³/mol. The van der Waals surface area contributed by atoms with Crippen molar-refractivity contribution in [2.24, 2.45) is 10.9 Å². The van der Waals surface area contributed by atoms with E-state index < -0.39 is 24.0 Å². The molecule has 0 saturated carbocycles. The van der Waals surface area contributed by atoms with E-state index in [0.717, 1.165) is 11.0 Å². The van der Waals surface area contributed by atoms with Gasteiger partial charge in [-0.15, -0.1) is 0 Å². The van der Waals surface area contributed by atoms with Crippen molar-refractivity contribution in [3.05, 3.63) is 72.3 Å². The average Bonchev–Trinajstić information content (AvgIpc) is 3.17. The minimum atomic E-state index is -1.05. The summed E-state index contributed by atoms with van der Waals surface area (Å²) < 4.78 is 13.9. The minimum absolute atomic E-state index is 0.261. The number of hydrogen-bond acceptors (Lipinski definition) is 4. The van der Waals surface area contributed by atoms with Crippen molar-refractivity contribution in [3.63, 3.8) is 0 Å². The Bertz CT molecular complexity index is 1420. The maximum Gasteiger partial charge on any atom is 0.341 e. The van der Waals surface area contributed by atoms with Crippen molar-refractivity contribution in [2.75, 3.05) is 13.7 Å². The number of carboxylic acids is 1. The molecular formula is C27H25N3O5. The summed E-state index contributed by atoms with van der Waals surface area (Å²) in [5.74, 6) is -1.01. The lowest BCUT2D eigenvalue weighted by molar-refractivity contribution is -0.140. The maximum absolute atomic E-state index is 11.9. The van der Waals surface area contributed by atoms with Crippen LogP contribution in [0, 0.1) is 5.92 Å². The highest BCUT2D eigenvalue weighted by molar-refractivity contribution is 6.08. The topological polar surface area (TPSA) is 102 Å². The Morgan fingerprint density at radius 2 is 1.69 bits per heavy atom. The van der Waals surface area contributed by atoms with Gasteiger partial charge in [0, 0.05) is 27.5 Å². The van der Waals surface area contributed by atoms with Crippen LogP contribution in [0.3, 0.4) is 0 Å². The number of amides is 2. The minimum Gasteiger partial charge on any atom is -0.493 e. The number of carbonyl (C=O) groups excluding carboxylic acids is 1. The molecule has 0 spiro atoms. The van der Waals surface area contributed by atoms with Crippen molar-refractivity contribution < 1.29 is 24.2 Å². The lowest BCUT2D eigenvalue weighted by Crippen LogP contribution is -2.43. The van der Waals surface area contributed by atoms with Gasteiger partial charge in [0.05, 0.1) is 19.7 Å². The van der Waals surface area contributed by atoms with E-state index in [1.165, 1.54) is 17.9 Å². The molecular weight excluding hydrogens is 446 g/mol. The molecule has 4 aromatic rings. The third-order valence-electron chi connectivity index (χ3n) is 6.41. The second kappa shape index (κ2) is 9.13. The molecule has 1 aromatic heterocycles. The average molecular weight is 472 g/mol. The number of ether oxygens (including phenoxy) is 2. The van der Waals surface area contributed by atoms with Crippen molar-refractivity contribution in [1.82, 2.24) is 9.88 Å². The van der Waals surface area contributed by atoms with Gasteiger partial charge in [0.25, 0.3) is 0 Å². The quantitative estimate of drug-likeness (QED) is 0.403. The molecule has 0 bridgehead atoms. The van der Waals surface area contributed by atoms with E-state index in [1.807, 2.05) is 24.3 Å². The highest BCUT2D eigenvalue weighted by Gasteiger charge is 2.37. The van der Waals surface area contributed by atoms with Crippen LogP contribution in [0.15, 0.2) is 71.7 Å². The first kappa shape index (κ1) is 22.5. The van der Waals surface area contributed by atoms with Gasteiger partial charge < -0.3 is 24.5 Å². The molecule has 2 amide bonds. The molecule has 0 aliphatic carbocycles. The lowest BCUT2D eigenvalue weighted by atomic mass is 9.88. The first-order chi connectivity index (χ1) is 17.0. The van der Waals surface area contributed by atoms with Crippen LogP contribution in [-0.2, 0) is 11.3 Å². The van der Waals surface area contributed by atoms with Crippen LogP contribution in [0.5, 0.6) is 11.5 Å². The molecule has 1 aliphatic heterocycles. The Morgan fingerprint density at radius 1 is 1.03 bits per heavy atom. The van der Waals surface area contributed by atoms with Crippen LogP contribution in [0.25, 0.3) is 21.8 Å². The van der Waals surface area contributed by atoms with Gasteiger partial charge in [-0.1, -0.05) is 42.5 Å². The smallest absolute Gasteiger partial charge is 0.341 e. The lowest BCUT2D eigenvalue weighted by Gasteiger charge is -2.28. The molecule has 0 radical (unpaired) electrons. The number of aromatic nitrogens is 1. The van der Waals surface area contributed by atoms with Gasteiger partial charge in [-0.05, 0) is 36.8 Å². The van der Waals surface area contributed by atoms with E-state index in [1.54, 1.807) is 25.1 Å². The Morgan fingerprint density at radius 3 is 2.31 bits per heavy atom. The van der Waals surface area contributed by atoms with Crippen molar-refractivity contribution in [1.29, 1.82) is 0 Å². The monoisotopic (exact) mass is 471 g/mol. The summed E-state index contributed by atoms with van der Waals surface area (Å²) in [6.07, 6.45) is 0. The van der Waals surface area contributed by atoms with Gasteiger partial charge in [0.2, 0.25) is 0 Å². The third-order valence-corrected chi connectivity index (χ3v) is 6.41. The number of carboxylic acid groups (broad SMARTS) is 1. The number of benzene rings is 3. The summed E-state index contributed by atoms with van der Waals surface area (Å²) in [4.78, 5) is 27.5. The van der Waals surface area contributed by atoms with Crippen LogP contribution in [-0.4, -0.2) is 41.1 Å². The molecule has 0 fully saturated rings. The maximum atomic E-state index is 11.9. The van der Waals surface area contributed by atoms with Gasteiger partial charge in [0.15, 0.2) is 11.5 Å². The van der Waals surface area contributed by atoms with E-state index >= 15 is 0 Å². The van der Waals surface area contributed by atoms with Crippen LogP contribution < -0.4 is 14.8 Å². The summed E-state index contributed by atoms with van der Waals surface area (Å²) in [6, 6.07) is 20.5. The molecule has 0 saturated heterocycles. The third kappa shape index (κ3) is 4.07. The zero-order valence-corrected chi connectivity index (χ0v) is 19.4. The van der Waals surface area contributed by atoms with Gasteiger partial charge in [0.1, 0.15) is 12.5 Å². The fourth-order valence-corrected chi connectivity index (χ4v) is 4.80. The first-order valence-electron chi connectivity index (χ1n) is 11.3. The molecule has 5 rings (SSSR count). The number of carbonyl (C=O) groups is 2. The van der Waals surface area contributed by atoms with Crippen LogP contribution >= 0.6 is 0 Å². The van der Waals surface area contributed by atoms with E-state index in [9.17, 15) is 14.7 Å². The highest BCUT2D eigenvalue weighted by atomic mass is 16.5.